The first-order valence-corrected chi connectivity index (χ1v) is 7.06. The molecule has 0 spiro atoms. The van der Waals surface area contributed by atoms with Crippen molar-refractivity contribution in [1.82, 2.24) is 0 Å². The van der Waals surface area contributed by atoms with Crippen LogP contribution in [0.3, 0.4) is 0 Å². The molecule has 0 amide bonds. The maximum atomic E-state index is 6.56. The standard InChI is InChI=1S/C11H14BrClS/c1-11(6-2-3-7-11)10(13)8-4-5-9(12)14-8/h4-5,10H,2-3,6-7H2,1H3. The van der Waals surface area contributed by atoms with E-state index >= 15 is 0 Å². The Labute approximate surface area is 103 Å². The average molecular weight is 294 g/mol. The first kappa shape index (κ1) is 11.0. The van der Waals surface area contributed by atoms with Crippen LogP contribution in [0.25, 0.3) is 0 Å². The Hall–Kier alpha value is 0.470. The molecule has 0 radical (unpaired) electrons. The molecule has 1 unspecified atom stereocenters. The number of halogens is 2. The fourth-order valence-electron chi connectivity index (χ4n) is 2.24. The molecule has 1 aromatic heterocycles. The van der Waals surface area contributed by atoms with Crippen LogP contribution in [0.2, 0.25) is 0 Å². The molecule has 1 atom stereocenters. The molecule has 1 saturated carbocycles. The number of hydrogen-bond acceptors (Lipinski definition) is 1. The van der Waals surface area contributed by atoms with Gasteiger partial charge >= 0.3 is 0 Å². The van der Waals surface area contributed by atoms with Crippen LogP contribution in [0.15, 0.2) is 15.9 Å². The van der Waals surface area contributed by atoms with Crippen molar-refractivity contribution in [2.75, 3.05) is 0 Å². The second-order valence-electron chi connectivity index (χ2n) is 4.37. The third kappa shape index (κ3) is 2.02. The lowest BCUT2D eigenvalue weighted by atomic mass is 9.84. The quantitative estimate of drug-likeness (QED) is 0.643. The fraction of sp³-hybridized carbons (Fsp3) is 0.636. The van der Waals surface area contributed by atoms with Crippen LogP contribution in [0.1, 0.15) is 42.9 Å². The number of alkyl halides is 1. The predicted molar refractivity (Wildman–Crippen MR) is 67.2 cm³/mol. The number of rotatable bonds is 2. The Morgan fingerprint density at radius 2 is 2.07 bits per heavy atom. The molecule has 1 aliphatic carbocycles. The second-order valence-corrected chi connectivity index (χ2v) is 7.30. The zero-order chi connectivity index (χ0) is 10.2. The Kier molecular flexibility index (Phi) is 3.25. The van der Waals surface area contributed by atoms with Crippen molar-refractivity contribution in [1.29, 1.82) is 0 Å². The minimum absolute atomic E-state index is 0.196. The Balaban J connectivity index is 2.18. The van der Waals surface area contributed by atoms with E-state index in [1.165, 1.54) is 34.3 Å². The number of hydrogen-bond donors (Lipinski definition) is 0. The average Bonchev–Trinajstić information content (AvgIpc) is 2.74. The summed E-state index contributed by atoms with van der Waals surface area (Å²) in [5, 5.41) is 0.196. The van der Waals surface area contributed by atoms with Gasteiger partial charge in [0.15, 0.2) is 0 Å². The van der Waals surface area contributed by atoms with E-state index in [0.717, 1.165) is 0 Å². The van der Waals surface area contributed by atoms with Gasteiger partial charge in [0.25, 0.3) is 0 Å². The van der Waals surface area contributed by atoms with Crippen LogP contribution in [-0.2, 0) is 0 Å². The van der Waals surface area contributed by atoms with Crippen molar-refractivity contribution >= 4 is 38.9 Å². The predicted octanol–water partition coefficient (Wildman–Crippen LogP) is 5.37. The molecule has 0 saturated heterocycles. The van der Waals surface area contributed by atoms with Crippen molar-refractivity contribution in [3.05, 3.63) is 20.8 Å². The Morgan fingerprint density at radius 3 is 2.57 bits per heavy atom. The highest BCUT2D eigenvalue weighted by molar-refractivity contribution is 9.11. The van der Waals surface area contributed by atoms with Crippen LogP contribution in [-0.4, -0.2) is 0 Å². The summed E-state index contributed by atoms with van der Waals surface area (Å²) in [6.45, 7) is 2.32. The van der Waals surface area contributed by atoms with Gasteiger partial charge in [-0.3, -0.25) is 0 Å². The fourth-order valence-corrected chi connectivity index (χ4v) is 4.25. The summed E-state index contributed by atoms with van der Waals surface area (Å²) in [7, 11) is 0. The molecular weight excluding hydrogens is 280 g/mol. The zero-order valence-corrected chi connectivity index (χ0v) is 11.4. The summed E-state index contributed by atoms with van der Waals surface area (Å²) in [5.74, 6) is 0. The monoisotopic (exact) mass is 292 g/mol. The summed E-state index contributed by atoms with van der Waals surface area (Å²) in [6.07, 6.45) is 5.23. The maximum absolute atomic E-state index is 6.56. The van der Waals surface area contributed by atoms with Crippen molar-refractivity contribution < 1.29 is 0 Å². The topological polar surface area (TPSA) is 0 Å². The number of thiophene rings is 1. The van der Waals surface area contributed by atoms with Crippen LogP contribution in [0.4, 0.5) is 0 Å². The van der Waals surface area contributed by atoms with Gasteiger partial charge in [0.2, 0.25) is 0 Å². The molecule has 2 rings (SSSR count). The highest BCUT2D eigenvalue weighted by Crippen LogP contribution is 2.52. The van der Waals surface area contributed by atoms with Gasteiger partial charge in [-0.25, -0.2) is 0 Å². The highest BCUT2D eigenvalue weighted by atomic mass is 79.9. The molecule has 1 aromatic rings. The zero-order valence-electron chi connectivity index (χ0n) is 8.22. The highest BCUT2D eigenvalue weighted by Gasteiger charge is 2.37. The van der Waals surface area contributed by atoms with Gasteiger partial charge in [-0.1, -0.05) is 19.8 Å². The molecule has 14 heavy (non-hydrogen) atoms. The van der Waals surface area contributed by atoms with Gasteiger partial charge in [0, 0.05) is 4.88 Å². The van der Waals surface area contributed by atoms with Crippen LogP contribution in [0.5, 0.6) is 0 Å². The summed E-state index contributed by atoms with van der Waals surface area (Å²) in [6, 6.07) is 4.24. The molecule has 1 fully saturated rings. The summed E-state index contributed by atoms with van der Waals surface area (Å²) in [5.41, 5.74) is 0.325. The van der Waals surface area contributed by atoms with Crippen LogP contribution < -0.4 is 0 Å². The van der Waals surface area contributed by atoms with E-state index in [-0.39, 0.29) is 5.38 Å². The molecule has 0 nitrogen and oxygen atoms in total. The van der Waals surface area contributed by atoms with Gasteiger partial charge in [-0.15, -0.1) is 22.9 Å². The normalized spacial score (nSPS) is 22.5. The van der Waals surface area contributed by atoms with Gasteiger partial charge in [-0.05, 0) is 46.3 Å². The summed E-state index contributed by atoms with van der Waals surface area (Å²) in [4.78, 5) is 1.31. The first-order valence-electron chi connectivity index (χ1n) is 5.01. The first-order chi connectivity index (χ1) is 6.62. The largest absolute Gasteiger partial charge is 0.132 e. The molecule has 0 N–H and O–H groups in total. The molecule has 1 aliphatic rings. The van der Waals surface area contributed by atoms with Gasteiger partial charge in [0.1, 0.15) is 0 Å². The Morgan fingerprint density at radius 1 is 1.43 bits per heavy atom. The van der Waals surface area contributed by atoms with Crippen LogP contribution >= 0.6 is 38.9 Å². The molecule has 78 valence electrons. The molecular formula is C11H14BrClS. The molecule has 3 heteroatoms. The van der Waals surface area contributed by atoms with E-state index in [1.807, 2.05) is 0 Å². The van der Waals surface area contributed by atoms with Crippen LogP contribution in [0, 0.1) is 5.41 Å². The van der Waals surface area contributed by atoms with E-state index in [1.54, 1.807) is 11.3 Å². The smallest absolute Gasteiger partial charge is 0.0732 e. The lowest BCUT2D eigenvalue weighted by Gasteiger charge is -2.28. The van der Waals surface area contributed by atoms with Gasteiger partial charge in [0.05, 0.1) is 9.16 Å². The lowest BCUT2D eigenvalue weighted by Crippen LogP contribution is -2.16. The van der Waals surface area contributed by atoms with Crippen molar-refractivity contribution in [3.8, 4) is 0 Å². The minimum Gasteiger partial charge on any atom is -0.132 e. The third-order valence-electron chi connectivity index (χ3n) is 3.20. The third-order valence-corrected chi connectivity index (χ3v) is 5.78. The minimum atomic E-state index is 0.196. The second kappa shape index (κ2) is 4.15. The maximum Gasteiger partial charge on any atom is 0.0732 e. The SMILES string of the molecule is CC1(C(Cl)c2ccc(Br)s2)CCCC1. The molecule has 0 aromatic carbocycles. The molecule has 1 heterocycles. The van der Waals surface area contributed by atoms with Crippen molar-refractivity contribution in [2.24, 2.45) is 5.41 Å². The van der Waals surface area contributed by atoms with Gasteiger partial charge < -0.3 is 0 Å². The summed E-state index contributed by atoms with van der Waals surface area (Å²) >= 11 is 11.8. The summed E-state index contributed by atoms with van der Waals surface area (Å²) < 4.78 is 1.18. The van der Waals surface area contributed by atoms with E-state index in [2.05, 4.69) is 35.0 Å². The molecule has 0 bridgehead atoms. The van der Waals surface area contributed by atoms with Crippen molar-refractivity contribution in [3.63, 3.8) is 0 Å². The molecule has 0 aliphatic heterocycles. The Bertz CT molecular complexity index is 315. The van der Waals surface area contributed by atoms with Gasteiger partial charge in [-0.2, -0.15) is 0 Å². The van der Waals surface area contributed by atoms with E-state index in [4.69, 9.17) is 11.6 Å². The van der Waals surface area contributed by atoms with E-state index in [0.29, 0.717) is 5.41 Å². The van der Waals surface area contributed by atoms with E-state index < -0.39 is 0 Å². The van der Waals surface area contributed by atoms with E-state index in [9.17, 15) is 0 Å². The van der Waals surface area contributed by atoms with Crippen molar-refractivity contribution in [2.45, 2.75) is 38.0 Å². The lowest BCUT2D eigenvalue weighted by molar-refractivity contribution is 0.324.